The van der Waals surface area contributed by atoms with Gasteiger partial charge in [-0.05, 0) is 65.1 Å². The summed E-state index contributed by atoms with van der Waals surface area (Å²) in [6, 6.07) is 18.5. The van der Waals surface area contributed by atoms with Crippen molar-refractivity contribution in [3.05, 3.63) is 65.7 Å². The van der Waals surface area contributed by atoms with Gasteiger partial charge in [0.2, 0.25) is 0 Å². The van der Waals surface area contributed by atoms with Crippen LogP contribution in [0.4, 0.5) is 5.69 Å². The van der Waals surface area contributed by atoms with E-state index in [9.17, 15) is 9.59 Å². The molecule has 2 aliphatic rings. The number of carbonyl (C=O) groups is 2. The minimum atomic E-state index is -0.671. The van der Waals surface area contributed by atoms with Gasteiger partial charge in [0, 0.05) is 23.2 Å². The van der Waals surface area contributed by atoms with Crippen molar-refractivity contribution in [3.8, 4) is 11.1 Å². The molecule has 1 unspecified atom stereocenters. The number of esters is 1. The molecule has 3 aromatic carbocycles. The summed E-state index contributed by atoms with van der Waals surface area (Å²) in [5, 5.41) is 2.28. The molecule has 1 saturated carbocycles. The van der Waals surface area contributed by atoms with Crippen molar-refractivity contribution in [2.24, 2.45) is 11.3 Å². The third-order valence-electron chi connectivity index (χ3n) is 8.16. The molecule has 3 atom stereocenters. The molecule has 1 fully saturated rings. The van der Waals surface area contributed by atoms with Crippen LogP contribution in [0.5, 0.6) is 0 Å². The van der Waals surface area contributed by atoms with Crippen molar-refractivity contribution in [1.82, 2.24) is 0 Å². The van der Waals surface area contributed by atoms with E-state index >= 15 is 0 Å². The lowest BCUT2D eigenvalue weighted by molar-refractivity contribution is -0.160. The van der Waals surface area contributed by atoms with Crippen LogP contribution in [-0.4, -0.2) is 18.9 Å². The SMILES string of the molecule is COC(=O)[C@]1(C)CCC[C@]2(C)c3cc(-c4cccc5ccccc45)c(N)cc3C(=O)CC12. The number of methoxy groups -OCH3 is 1. The Kier molecular flexibility index (Phi) is 4.66. The van der Waals surface area contributed by atoms with E-state index < -0.39 is 5.41 Å². The van der Waals surface area contributed by atoms with Crippen molar-refractivity contribution in [2.45, 2.75) is 44.9 Å². The normalized spacial score (nSPS) is 27.0. The largest absolute Gasteiger partial charge is 0.469 e. The van der Waals surface area contributed by atoms with Gasteiger partial charge < -0.3 is 10.5 Å². The zero-order valence-corrected chi connectivity index (χ0v) is 18.9. The predicted molar refractivity (Wildman–Crippen MR) is 128 cm³/mol. The fourth-order valence-electron chi connectivity index (χ4n) is 6.43. The van der Waals surface area contributed by atoms with Gasteiger partial charge in [-0.2, -0.15) is 0 Å². The molecule has 0 aliphatic heterocycles. The van der Waals surface area contributed by atoms with E-state index in [0.717, 1.165) is 46.7 Å². The van der Waals surface area contributed by atoms with E-state index in [4.69, 9.17) is 10.5 Å². The zero-order valence-electron chi connectivity index (χ0n) is 18.9. The summed E-state index contributed by atoms with van der Waals surface area (Å²) < 4.78 is 5.20. The summed E-state index contributed by atoms with van der Waals surface area (Å²) in [7, 11) is 1.44. The van der Waals surface area contributed by atoms with Gasteiger partial charge in [0.15, 0.2) is 5.78 Å². The van der Waals surface area contributed by atoms with Crippen LogP contribution in [0.2, 0.25) is 0 Å². The van der Waals surface area contributed by atoms with Crippen molar-refractivity contribution in [3.63, 3.8) is 0 Å². The van der Waals surface area contributed by atoms with Crippen LogP contribution in [0, 0.1) is 11.3 Å². The summed E-state index contributed by atoms with van der Waals surface area (Å²) in [4.78, 5) is 26.1. The lowest BCUT2D eigenvalue weighted by Gasteiger charge is -2.53. The standard InChI is InChI=1S/C28H29NO3/c1-27-12-7-13-28(2,26(31)32-3)25(27)16-24(30)21-15-23(29)20(14-22(21)27)19-11-6-9-17-8-4-5-10-18(17)19/h4-6,8-11,14-15,25H,7,12-13,16,29H2,1-3H3/t25?,27-,28-/m1/s1. The van der Waals surface area contributed by atoms with Crippen LogP contribution in [0.1, 0.15) is 55.5 Å². The number of benzene rings is 3. The average molecular weight is 428 g/mol. The molecule has 2 aliphatic carbocycles. The number of carbonyl (C=O) groups excluding carboxylic acids is 2. The Morgan fingerprint density at radius 1 is 1.00 bits per heavy atom. The molecule has 4 nitrogen and oxygen atoms in total. The molecule has 0 spiro atoms. The molecule has 5 rings (SSSR count). The molecule has 164 valence electrons. The Morgan fingerprint density at radius 2 is 1.75 bits per heavy atom. The van der Waals surface area contributed by atoms with E-state index in [1.807, 2.05) is 31.2 Å². The molecule has 32 heavy (non-hydrogen) atoms. The van der Waals surface area contributed by atoms with Gasteiger partial charge in [-0.3, -0.25) is 9.59 Å². The Balaban J connectivity index is 1.73. The molecule has 0 radical (unpaired) electrons. The van der Waals surface area contributed by atoms with Crippen LogP contribution < -0.4 is 5.73 Å². The quantitative estimate of drug-likeness (QED) is 0.408. The number of nitrogens with two attached hydrogens (primary N) is 1. The van der Waals surface area contributed by atoms with E-state index in [2.05, 4.69) is 37.3 Å². The van der Waals surface area contributed by atoms with Crippen LogP contribution in [0.3, 0.4) is 0 Å². The molecular weight excluding hydrogens is 398 g/mol. The molecular formula is C28H29NO3. The Labute approximate surface area is 188 Å². The van der Waals surface area contributed by atoms with Gasteiger partial charge in [-0.25, -0.2) is 0 Å². The summed E-state index contributed by atoms with van der Waals surface area (Å²) in [5.74, 6) is -0.245. The van der Waals surface area contributed by atoms with E-state index in [-0.39, 0.29) is 23.1 Å². The Hall–Kier alpha value is -3.14. The van der Waals surface area contributed by atoms with Crippen LogP contribution in [-0.2, 0) is 14.9 Å². The highest BCUT2D eigenvalue weighted by atomic mass is 16.5. The zero-order chi connectivity index (χ0) is 22.7. The minimum Gasteiger partial charge on any atom is -0.469 e. The monoisotopic (exact) mass is 427 g/mol. The van der Waals surface area contributed by atoms with Gasteiger partial charge in [-0.15, -0.1) is 0 Å². The maximum atomic E-state index is 13.3. The number of ketones is 1. The highest BCUT2D eigenvalue weighted by Gasteiger charge is 2.57. The van der Waals surface area contributed by atoms with Crippen molar-refractivity contribution < 1.29 is 14.3 Å². The summed E-state index contributed by atoms with van der Waals surface area (Å²) in [6.45, 7) is 4.19. The highest BCUT2D eigenvalue weighted by Crippen LogP contribution is 2.58. The number of rotatable bonds is 2. The maximum absolute atomic E-state index is 13.3. The van der Waals surface area contributed by atoms with Gasteiger partial charge in [-0.1, -0.05) is 55.8 Å². The van der Waals surface area contributed by atoms with Crippen molar-refractivity contribution in [1.29, 1.82) is 0 Å². The summed E-state index contributed by atoms with van der Waals surface area (Å²) in [6.07, 6.45) is 2.94. The summed E-state index contributed by atoms with van der Waals surface area (Å²) in [5.41, 5.74) is 9.92. The first-order valence-electron chi connectivity index (χ1n) is 11.3. The molecule has 0 amide bonds. The van der Waals surface area contributed by atoms with Gasteiger partial charge in [0.05, 0.1) is 12.5 Å². The second-order valence-corrected chi connectivity index (χ2v) is 9.87. The first kappa shape index (κ1) is 20.7. The molecule has 0 saturated heterocycles. The summed E-state index contributed by atoms with van der Waals surface area (Å²) >= 11 is 0. The second kappa shape index (κ2) is 7.19. The molecule has 4 heteroatoms. The lowest BCUT2D eigenvalue weighted by atomic mass is 9.49. The van der Waals surface area contributed by atoms with Gasteiger partial charge in [0.25, 0.3) is 0 Å². The van der Waals surface area contributed by atoms with Crippen LogP contribution in [0.15, 0.2) is 54.6 Å². The molecule has 2 N–H and O–H groups in total. The fraction of sp³-hybridized carbons (Fsp3) is 0.357. The molecule has 3 aromatic rings. The molecule has 0 aromatic heterocycles. The minimum absolute atomic E-state index is 0.0654. The first-order valence-corrected chi connectivity index (χ1v) is 11.3. The van der Waals surface area contributed by atoms with Crippen LogP contribution >= 0.6 is 0 Å². The van der Waals surface area contributed by atoms with E-state index in [0.29, 0.717) is 17.7 Å². The molecule has 0 bridgehead atoms. The average Bonchev–Trinajstić information content (AvgIpc) is 2.79. The fourth-order valence-corrected chi connectivity index (χ4v) is 6.43. The van der Waals surface area contributed by atoms with E-state index in [1.165, 1.54) is 7.11 Å². The number of fused-ring (bicyclic) bond motifs is 4. The third kappa shape index (κ3) is 2.82. The first-order chi connectivity index (χ1) is 15.3. The third-order valence-corrected chi connectivity index (χ3v) is 8.16. The van der Waals surface area contributed by atoms with Crippen molar-refractivity contribution in [2.75, 3.05) is 12.8 Å². The Bertz CT molecular complexity index is 1260. The topological polar surface area (TPSA) is 69.4 Å². The second-order valence-electron chi connectivity index (χ2n) is 9.87. The van der Waals surface area contributed by atoms with Crippen LogP contribution in [0.25, 0.3) is 21.9 Å². The van der Waals surface area contributed by atoms with E-state index in [1.54, 1.807) is 0 Å². The number of ether oxygens (including phenoxy) is 1. The number of Topliss-reactive ketones (excluding diaryl/α,β-unsaturated/α-hetero) is 1. The number of nitrogen functional groups attached to an aromatic ring is 1. The maximum Gasteiger partial charge on any atom is 0.311 e. The van der Waals surface area contributed by atoms with Gasteiger partial charge in [0.1, 0.15) is 0 Å². The van der Waals surface area contributed by atoms with Gasteiger partial charge >= 0.3 is 5.97 Å². The molecule has 0 heterocycles. The predicted octanol–water partition coefficient (Wildman–Crippen LogP) is 5.91. The lowest BCUT2D eigenvalue weighted by Crippen LogP contribution is -2.53. The number of hydrogen-bond acceptors (Lipinski definition) is 4. The highest BCUT2D eigenvalue weighted by molar-refractivity contribution is 6.04. The Morgan fingerprint density at radius 3 is 2.53 bits per heavy atom. The smallest absolute Gasteiger partial charge is 0.311 e. The number of hydrogen-bond donors (Lipinski definition) is 1. The number of anilines is 1. The van der Waals surface area contributed by atoms with Crippen molar-refractivity contribution >= 4 is 28.2 Å².